The lowest BCUT2D eigenvalue weighted by Gasteiger charge is -2.11. The monoisotopic (exact) mass is 285 g/mol. The number of nitrogens with zero attached hydrogens (tertiary/aromatic N) is 1. The van der Waals surface area contributed by atoms with Crippen LogP contribution in [0.4, 0.5) is 0 Å². The molecule has 18 heavy (non-hydrogen) atoms. The van der Waals surface area contributed by atoms with Gasteiger partial charge in [-0.25, -0.2) is 4.90 Å². The molecule has 2 aliphatic rings. The van der Waals surface area contributed by atoms with Crippen LogP contribution in [0.15, 0.2) is 11.5 Å². The van der Waals surface area contributed by atoms with Gasteiger partial charge in [0.05, 0.1) is 0 Å². The average Bonchev–Trinajstić information content (AvgIpc) is 2.95. The summed E-state index contributed by atoms with van der Waals surface area (Å²) in [6, 6.07) is 0. The summed E-state index contributed by atoms with van der Waals surface area (Å²) in [6.45, 7) is 0. The van der Waals surface area contributed by atoms with Crippen LogP contribution in [0.2, 0.25) is 0 Å². The molecule has 0 aromatic carbocycles. The van der Waals surface area contributed by atoms with Gasteiger partial charge in [-0.05, 0) is 18.2 Å². The lowest BCUT2D eigenvalue weighted by molar-refractivity contribution is -0.149. The molecule has 0 saturated carbocycles. The second kappa shape index (κ2) is 6.43. The minimum absolute atomic E-state index is 0.186. The van der Waals surface area contributed by atoms with Gasteiger partial charge in [0.1, 0.15) is 0 Å². The maximum Gasteiger partial charge on any atom is 0.236 e. The van der Waals surface area contributed by atoms with Gasteiger partial charge in [0.15, 0.2) is 0 Å². The summed E-state index contributed by atoms with van der Waals surface area (Å²) in [5.41, 5.74) is 0. The lowest BCUT2D eigenvalue weighted by atomic mass is 10.1. The van der Waals surface area contributed by atoms with E-state index >= 15 is 0 Å². The van der Waals surface area contributed by atoms with Crippen molar-refractivity contribution >= 4 is 39.3 Å². The minimum atomic E-state index is -0.337. The first kappa shape index (κ1) is 13.7. The predicted octanol–water partition coefficient (Wildman–Crippen LogP) is 2.50. The highest BCUT2D eigenvalue weighted by molar-refractivity contribution is 8.78. The Bertz CT molecular complexity index is 379. The molecule has 0 radical (unpaired) electrons. The third-order valence-electron chi connectivity index (χ3n) is 2.96. The minimum Gasteiger partial charge on any atom is -0.274 e. The highest BCUT2D eigenvalue weighted by atomic mass is 33.1. The zero-order valence-electron chi connectivity index (χ0n) is 9.96. The van der Waals surface area contributed by atoms with E-state index in [0.717, 1.165) is 24.2 Å². The van der Waals surface area contributed by atoms with E-state index in [-0.39, 0.29) is 30.6 Å². The van der Waals surface area contributed by atoms with Crippen molar-refractivity contribution in [3.63, 3.8) is 0 Å². The molecule has 4 nitrogen and oxygen atoms in total. The van der Waals surface area contributed by atoms with Gasteiger partial charge in [0.25, 0.3) is 0 Å². The van der Waals surface area contributed by atoms with Crippen LogP contribution < -0.4 is 0 Å². The summed E-state index contributed by atoms with van der Waals surface area (Å²) in [5.74, 6) is -1.00. The van der Waals surface area contributed by atoms with Gasteiger partial charge in [-0.1, -0.05) is 34.1 Å². The SMILES string of the molecule is O=C(CCCCC1C=CSS1)N1C(=O)CCC1=O. The van der Waals surface area contributed by atoms with Crippen molar-refractivity contribution in [2.24, 2.45) is 0 Å². The second-order valence-electron chi connectivity index (χ2n) is 4.32. The van der Waals surface area contributed by atoms with E-state index in [1.54, 1.807) is 10.8 Å². The number of rotatable bonds is 5. The van der Waals surface area contributed by atoms with Gasteiger partial charge >= 0.3 is 0 Å². The summed E-state index contributed by atoms with van der Waals surface area (Å²) >= 11 is 0. The molecule has 1 fully saturated rings. The van der Waals surface area contributed by atoms with Gasteiger partial charge < -0.3 is 0 Å². The molecule has 0 aromatic heterocycles. The molecule has 0 spiro atoms. The summed E-state index contributed by atoms with van der Waals surface area (Å²) in [5, 5.41) is 2.63. The molecule has 1 unspecified atom stereocenters. The maximum absolute atomic E-state index is 11.7. The number of carbonyl (C=O) groups is 3. The maximum atomic E-state index is 11.7. The summed E-state index contributed by atoms with van der Waals surface area (Å²) < 4.78 is 0. The van der Waals surface area contributed by atoms with Crippen molar-refractivity contribution < 1.29 is 14.4 Å². The number of likely N-dealkylation sites (tertiary alicyclic amines) is 1. The standard InChI is InChI=1S/C12H15NO3S2/c14-10(13-11(15)5-6-12(13)16)4-2-1-3-9-7-8-17-18-9/h7-9H,1-6H2. The summed E-state index contributed by atoms with van der Waals surface area (Å²) in [6.07, 6.45) is 5.58. The molecular weight excluding hydrogens is 270 g/mol. The molecule has 2 rings (SSSR count). The third-order valence-corrected chi connectivity index (χ3v) is 5.39. The predicted molar refractivity (Wildman–Crippen MR) is 72.7 cm³/mol. The molecular formula is C12H15NO3S2. The molecule has 2 aliphatic heterocycles. The zero-order chi connectivity index (χ0) is 13.0. The molecule has 0 bridgehead atoms. The highest BCUT2D eigenvalue weighted by Crippen LogP contribution is 2.37. The van der Waals surface area contributed by atoms with E-state index in [1.807, 2.05) is 10.8 Å². The number of carbonyl (C=O) groups excluding carboxylic acids is 3. The first-order valence-electron chi connectivity index (χ1n) is 6.06. The fourth-order valence-corrected chi connectivity index (χ4v) is 4.25. The molecule has 6 heteroatoms. The number of amides is 3. The molecule has 1 atom stereocenters. The topological polar surface area (TPSA) is 54.5 Å². The Labute approximate surface area is 114 Å². The molecule has 1 saturated heterocycles. The normalized spacial score (nSPS) is 23.1. The quantitative estimate of drug-likeness (QED) is 0.441. The first-order chi connectivity index (χ1) is 8.68. The Morgan fingerprint density at radius 1 is 1.28 bits per heavy atom. The summed E-state index contributed by atoms with van der Waals surface area (Å²) in [7, 11) is 3.57. The van der Waals surface area contributed by atoms with Crippen molar-refractivity contribution in [1.82, 2.24) is 4.90 Å². The molecule has 98 valence electrons. The molecule has 0 aliphatic carbocycles. The Morgan fingerprint density at radius 2 is 2.00 bits per heavy atom. The number of hydrogen-bond donors (Lipinski definition) is 0. The van der Waals surface area contributed by atoms with Crippen molar-refractivity contribution in [3.05, 3.63) is 11.5 Å². The van der Waals surface area contributed by atoms with Crippen molar-refractivity contribution in [2.75, 3.05) is 0 Å². The molecule has 2 heterocycles. The van der Waals surface area contributed by atoms with Gasteiger partial charge in [-0.2, -0.15) is 0 Å². The summed E-state index contributed by atoms with van der Waals surface area (Å²) in [4.78, 5) is 35.2. The molecule has 0 N–H and O–H groups in total. The smallest absolute Gasteiger partial charge is 0.236 e. The zero-order valence-corrected chi connectivity index (χ0v) is 11.6. The largest absolute Gasteiger partial charge is 0.274 e. The number of unbranched alkanes of at least 4 members (excludes halogenated alkanes) is 1. The fraction of sp³-hybridized carbons (Fsp3) is 0.583. The van der Waals surface area contributed by atoms with Crippen LogP contribution >= 0.6 is 21.6 Å². The van der Waals surface area contributed by atoms with Crippen LogP contribution in [-0.4, -0.2) is 27.9 Å². The van der Waals surface area contributed by atoms with Crippen LogP contribution in [0.3, 0.4) is 0 Å². The second-order valence-corrected chi connectivity index (χ2v) is 6.74. The Morgan fingerprint density at radius 3 is 2.61 bits per heavy atom. The van der Waals surface area contributed by atoms with Crippen LogP contribution in [0.5, 0.6) is 0 Å². The van der Waals surface area contributed by atoms with E-state index in [9.17, 15) is 14.4 Å². The average molecular weight is 285 g/mol. The van der Waals surface area contributed by atoms with E-state index in [2.05, 4.69) is 11.5 Å². The van der Waals surface area contributed by atoms with Crippen LogP contribution in [-0.2, 0) is 14.4 Å². The van der Waals surface area contributed by atoms with Crippen molar-refractivity contribution in [2.45, 2.75) is 43.8 Å². The fourth-order valence-electron chi connectivity index (χ4n) is 1.99. The number of imide groups is 3. The third kappa shape index (κ3) is 3.38. The van der Waals surface area contributed by atoms with Gasteiger partial charge in [0.2, 0.25) is 17.7 Å². The molecule has 0 aromatic rings. The van der Waals surface area contributed by atoms with E-state index < -0.39 is 0 Å². The Balaban J connectivity index is 1.66. The van der Waals surface area contributed by atoms with Crippen LogP contribution in [0.1, 0.15) is 38.5 Å². The van der Waals surface area contributed by atoms with E-state index in [4.69, 9.17) is 0 Å². The Kier molecular flexibility index (Phi) is 4.88. The van der Waals surface area contributed by atoms with Crippen LogP contribution in [0, 0.1) is 0 Å². The van der Waals surface area contributed by atoms with Crippen molar-refractivity contribution in [1.29, 1.82) is 0 Å². The van der Waals surface area contributed by atoms with Crippen LogP contribution in [0.25, 0.3) is 0 Å². The molecule has 3 amide bonds. The van der Waals surface area contributed by atoms with Gasteiger partial charge in [-0.3, -0.25) is 14.4 Å². The Hall–Kier alpha value is -0.750. The van der Waals surface area contributed by atoms with E-state index in [1.165, 1.54) is 0 Å². The van der Waals surface area contributed by atoms with Crippen molar-refractivity contribution in [3.8, 4) is 0 Å². The first-order valence-corrected chi connectivity index (χ1v) is 8.33. The highest BCUT2D eigenvalue weighted by Gasteiger charge is 2.33. The van der Waals surface area contributed by atoms with Gasteiger partial charge in [-0.15, -0.1) is 0 Å². The van der Waals surface area contributed by atoms with Gasteiger partial charge in [0, 0.05) is 24.5 Å². The lowest BCUT2D eigenvalue weighted by Crippen LogP contribution is -2.35. The van der Waals surface area contributed by atoms with E-state index in [0.29, 0.717) is 11.7 Å². The number of hydrogen-bond acceptors (Lipinski definition) is 5.